The molecular formula is C30H41N5O7S. The molecule has 2 aromatic heterocycles. The highest BCUT2D eigenvalue weighted by molar-refractivity contribution is 7.93. The normalized spacial score (nSPS) is 17.5. The Morgan fingerprint density at radius 2 is 1.77 bits per heavy atom. The van der Waals surface area contributed by atoms with E-state index in [2.05, 4.69) is 20.6 Å². The number of aromatic nitrogens is 2. The molecule has 0 unspecified atom stereocenters. The number of hydrogen-bond donors (Lipinski definition) is 2. The van der Waals surface area contributed by atoms with E-state index in [1.54, 1.807) is 45.2 Å². The molecule has 1 aliphatic heterocycles. The van der Waals surface area contributed by atoms with Crippen LogP contribution in [-0.4, -0.2) is 83.5 Å². The molecule has 0 aromatic carbocycles. The van der Waals surface area contributed by atoms with E-state index >= 15 is 0 Å². The highest BCUT2D eigenvalue weighted by Gasteiger charge is 2.42. The van der Waals surface area contributed by atoms with Crippen LogP contribution in [0.2, 0.25) is 0 Å². The number of carbonyl (C=O) groups is 4. The summed E-state index contributed by atoms with van der Waals surface area (Å²) in [6.45, 7) is 10.8. The van der Waals surface area contributed by atoms with Crippen LogP contribution in [0.1, 0.15) is 71.3 Å². The second-order valence-corrected chi connectivity index (χ2v) is 14.7. The Morgan fingerprint density at radius 3 is 2.40 bits per heavy atom. The van der Waals surface area contributed by atoms with Crippen LogP contribution < -0.4 is 10.6 Å². The molecule has 43 heavy (non-hydrogen) atoms. The molecule has 3 rings (SSSR count). The number of likely N-dealkylation sites (tertiary alicyclic amines) is 1. The van der Waals surface area contributed by atoms with Gasteiger partial charge in [-0.3, -0.25) is 24.2 Å². The minimum atomic E-state index is -3.54. The lowest BCUT2D eigenvalue weighted by Gasteiger charge is -2.35. The fourth-order valence-corrected chi connectivity index (χ4v) is 5.13. The van der Waals surface area contributed by atoms with Gasteiger partial charge in [0.1, 0.15) is 23.4 Å². The molecule has 1 saturated heterocycles. The second kappa shape index (κ2) is 13.2. The van der Waals surface area contributed by atoms with Gasteiger partial charge in [-0.2, -0.15) is 0 Å². The van der Waals surface area contributed by atoms with Gasteiger partial charge in [0, 0.05) is 24.4 Å². The van der Waals surface area contributed by atoms with E-state index in [1.165, 1.54) is 17.0 Å². The number of fused-ring (bicyclic) bond motifs is 1. The number of ether oxygens (including phenoxy) is 1. The molecule has 3 amide bonds. The maximum absolute atomic E-state index is 13.9. The molecule has 0 bridgehead atoms. The van der Waals surface area contributed by atoms with Crippen LogP contribution in [0.3, 0.4) is 0 Å². The van der Waals surface area contributed by atoms with Crippen LogP contribution in [0, 0.1) is 5.41 Å². The van der Waals surface area contributed by atoms with Gasteiger partial charge in [-0.15, -0.1) is 0 Å². The first kappa shape index (κ1) is 33.6. The molecule has 3 heterocycles. The quantitative estimate of drug-likeness (QED) is 0.403. The number of nitrogens with one attached hydrogen (secondary N) is 2. The zero-order chi connectivity index (χ0) is 32.2. The first-order valence-corrected chi connectivity index (χ1v) is 16.0. The van der Waals surface area contributed by atoms with Gasteiger partial charge in [-0.25, -0.2) is 13.4 Å². The summed E-state index contributed by atoms with van der Waals surface area (Å²) in [5, 5.41) is 6.44. The number of rotatable bonds is 9. The van der Waals surface area contributed by atoms with Crippen molar-refractivity contribution in [3.63, 3.8) is 0 Å². The third-order valence-electron chi connectivity index (χ3n) is 6.61. The standard InChI is InChI=1S/C30H41N5O7S/c1-29(2,3)25(34-26(37)22-13-12-20-21(33-22)10-8-15-31-20)28(39)35-16-9-11-23(35)27(38)32-19(14-17-43(7,40)41)18-24(36)42-30(4,5)6/h8,10,12-15,17,19,23,25H,9,11,16,18H2,1-7H3,(H,32,38)(H,34,37)/b17-14+/t19-,23-,25-/m1/s1. The maximum atomic E-state index is 13.9. The summed E-state index contributed by atoms with van der Waals surface area (Å²) in [5.41, 5.74) is -0.194. The van der Waals surface area contributed by atoms with Crippen LogP contribution >= 0.6 is 0 Å². The molecule has 0 radical (unpaired) electrons. The highest BCUT2D eigenvalue weighted by atomic mass is 32.2. The Kier molecular flexibility index (Phi) is 10.3. The number of amides is 3. The van der Waals surface area contributed by atoms with Gasteiger partial charge in [0.2, 0.25) is 11.8 Å². The minimum Gasteiger partial charge on any atom is -0.460 e. The Bertz CT molecular complexity index is 1510. The smallest absolute Gasteiger partial charge is 0.308 e. The number of sulfone groups is 1. The molecule has 3 atom stereocenters. The topological polar surface area (TPSA) is 165 Å². The molecule has 12 nitrogen and oxygen atoms in total. The zero-order valence-corrected chi connectivity index (χ0v) is 26.5. The first-order valence-electron chi connectivity index (χ1n) is 14.1. The third-order valence-corrected chi connectivity index (χ3v) is 7.26. The summed E-state index contributed by atoms with van der Waals surface area (Å²) in [4.78, 5) is 63.1. The molecule has 2 N–H and O–H groups in total. The number of nitrogens with zero attached hydrogens (tertiary/aromatic N) is 3. The Hall–Kier alpha value is -3.87. The number of pyridine rings is 2. The molecule has 1 fully saturated rings. The highest BCUT2D eigenvalue weighted by Crippen LogP contribution is 2.26. The van der Waals surface area contributed by atoms with E-state index in [0.29, 0.717) is 23.9 Å². The molecule has 0 aliphatic carbocycles. The van der Waals surface area contributed by atoms with Crippen molar-refractivity contribution in [2.45, 2.75) is 84.5 Å². The maximum Gasteiger partial charge on any atom is 0.308 e. The van der Waals surface area contributed by atoms with Crippen LogP contribution in [0.5, 0.6) is 0 Å². The fourth-order valence-electron chi connectivity index (χ4n) is 4.65. The summed E-state index contributed by atoms with van der Waals surface area (Å²) in [6, 6.07) is 3.82. The van der Waals surface area contributed by atoms with Crippen LogP contribution in [0.25, 0.3) is 11.0 Å². The second-order valence-electron chi connectivity index (χ2n) is 12.8. The average molecular weight is 616 g/mol. The van der Waals surface area contributed by atoms with Gasteiger partial charge in [0.05, 0.1) is 23.5 Å². The van der Waals surface area contributed by atoms with Crippen LogP contribution in [0.4, 0.5) is 0 Å². The van der Waals surface area contributed by atoms with Gasteiger partial charge in [0.25, 0.3) is 5.91 Å². The molecule has 234 valence electrons. The van der Waals surface area contributed by atoms with Crippen molar-refractivity contribution in [3.05, 3.63) is 47.6 Å². The van der Waals surface area contributed by atoms with E-state index < -0.39 is 62.7 Å². The SMILES string of the molecule is CC(C)(C)OC(=O)C[C@@H](/C=C/S(C)(=O)=O)NC(=O)[C@H]1CCCN1C(=O)[C@@H](NC(=O)c1ccc2ncccc2n1)C(C)(C)C. The van der Waals surface area contributed by atoms with Crippen molar-refractivity contribution in [1.82, 2.24) is 25.5 Å². The van der Waals surface area contributed by atoms with E-state index in [1.807, 2.05) is 20.8 Å². The van der Waals surface area contributed by atoms with E-state index in [4.69, 9.17) is 4.74 Å². The van der Waals surface area contributed by atoms with Gasteiger partial charge in [-0.05, 0) is 63.3 Å². The van der Waals surface area contributed by atoms with Crippen molar-refractivity contribution in [2.24, 2.45) is 5.41 Å². The number of hydrogen-bond acceptors (Lipinski definition) is 9. The van der Waals surface area contributed by atoms with Crippen molar-refractivity contribution < 1.29 is 32.3 Å². The van der Waals surface area contributed by atoms with Gasteiger partial charge < -0.3 is 20.3 Å². The lowest BCUT2D eigenvalue weighted by Crippen LogP contribution is -2.58. The molecule has 0 spiro atoms. The molecule has 2 aromatic rings. The Balaban J connectivity index is 1.79. The van der Waals surface area contributed by atoms with Crippen molar-refractivity contribution >= 4 is 44.6 Å². The summed E-state index contributed by atoms with van der Waals surface area (Å²) >= 11 is 0. The lowest BCUT2D eigenvalue weighted by molar-refractivity contribution is -0.155. The number of carbonyl (C=O) groups excluding carboxylic acids is 4. The lowest BCUT2D eigenvalue weighted by atomic mass is 9.85. The molecule has 1 aliphatic rings. The predicted molar refractivity (Wildman–Crippen MR) is 161 cm³/mol. The predicted octanol–water partition coefficient (Wildman–Crippen LogP) is 2.54. The molecular weight excluding hydrogens is 574 g/mol. The molecule has 13 heteroatoms. The van der Waals surface area contributed by atoms with Gasteiger partial charge in [-0.1, -0.05) is 26.8 Å². The third kappa shape index (κ3) is 9.84. The van der Waals surface area contributed by atoms with Gasteiger partial charge in [0.15, 0.2) is 9.84 Å². The van der Waals surface area contributed by atoms with Crippen LogP contribution in [0.15, 0.2) is 41.9 Å². The largest absolute Gasteiger partial charge is 0.460 e. The molecule has 0 saturated carbocycles. The van der Waals surface area contributed by atoms with Crippen molar-refractivity contribution in [1.29, 1.82) is 0 Å². The summed E-state index contributed by atoms with van der Waals surface area (Å²) in [7, 11) is -3.54. The van der Waals surface area contributed by atoms with Crippen molar-refractivity contribution in [2.75, 3.05) is 12.8 Å². The monoisotopic (exact) mass is 615 g/mol. The van der Waals surface area contributed by atoms with E-state index in [0.717, 1.165) is 11.7 Å². The zero-order valence-electron chi connectivity index (χ0n) is 25.7. The summed E-state index contributed by atoms with van der Waals surface area (Å²) < 4.78 is 28.8. The van der Waals surface area contributed by atoms with E-state index in [9.17, 15) is 27.6 Å². The van der Waals surface area contributed by atoms with Gasteiger partial charge >= 0.3 is 5.97 Å². The fraction of sp³-hybridized carbons (Fsp3) is 0.533. The minimum absolute atomic E-state index is 0.126. The van der Waals surface area contributed by atoms with Crippen LogP contribution in [-0.2, 0) is 29.0 Å². The Morgan fingerprint density at radius 1 is 1.07 bits per heavy atom. The first-order chi connectivity index (χ1) is 19.8. The van der Waals surface area contributed by atoms with Crippen molar-refractivity contribution in [3.8, 4) is 0 Å². The summed E-state index contributed by atoms with van der Waals surface area (Å²) in [6.07, 6.45) is 4.45. The Labute approximate surface area is 252 Å². The average Bonchev–Trinajstić information content (AvgIpc) is 3.37. The number of esters is 1. The van der Waals surface area contributed by atoms with E-state index in [-0.39, 0.29) is 18.7 Å². The summed E-state index contributed by atoms with van der Waals surface area (Å²) in [5.74, 6) is -2.14.